The smallest absolute Gasteiger partial charge is 0.211 e. The summed E-state index contributed by atoms with van der Waals surface area (Å²) in [6, 6.07) is 10.7. The highest BCUT2D eigenvalue weighted by Gasteiger charge is 2.17. The number of para-hydroxylation sites is 2. The van der Waals surface area contributed by atoms with E-state index in [4.69, 9.17) is 16.3 Å². The topological polar surface area (TPSA) is 65.9 Å². The normalized spacial score (nSPS) is 13.0. The van der Waals surface area contributed by atoms with Crippen molar-refractivity contribution in [3.63, 3.8) is 0 Å². The zero-order chi connectivity index (χ0) is 14.8. The number of benzene rings is 2. The van der Waals surface area contributed by atoms with E-state index >= 15 is 0 Å². The summed E-state index contributed by atoms with van der Waals surface area (Å²) < 4.78 is 8.34. The molecule has 0 radical (unpaired) electrons. The molecule has 0 atom stereocenters. The Kier molecular flexibility index (Phi) is 3.81. The highest BCUT2D eigenvalue weighted by atomic mass is 35.5. The number of guanidine groups is 1. The van der Waals surface area contributed by atoms with Crippen LogP contribution in [0.5, 0.6) is 11.5 Å². The van der Waals surface area contributed by atoms with Crippen LogP contribution in [0.15, 0.2) is 46.3 Å². The molecule has 0 spiro atoms. The van der Waals surface area contributed by atoms with E-state index in [1.807, 2.05) is 24.3 Å². The van der Waals surface area contributed by atoms with Gasteiger partial charge in [0.2, 0.25) is 5.96 Å². The van der Waals surface area contributed by atoms with Gasteiger partial charge in [-0.1, -0.05) is 23.7 Å². The second kappa shape index (κ2) is 5.75. The van der Waals surface area contributed by atoms with Gasteiger partial charge in [0.25, 0.3) is 0 Å². The summed E-state index contributed by atoms with van der Waals surface area (Å²) in [6.45, 7) is 0. The maximum Gasteiger partial charge on any atom is 0.211 e. The van der Waals surface area contributed by atoms with Gasteiger partial charge >= 0.3 is 0 Å². The number of ether oxygens (including phenoxy) is 1. The van der Waals surface area contributed by atoms with E-state index in [-0.39, 0.29) is 5.75 Å². The van der Waals surface area contributed by atoms with E-state index in [1.165, 1.54) is 18.0 Å². The number of phenolic OH excluding ortho intramolecular Hbond substituents is 1. The number of hydrogen-bond donors (Lipinski definition) is 3. The lowest BCUT2D eigenvalue weighted by molar-refractivity contribution is 0.417. The summed E-state index contributed by atoms with van der Waals surface area (Å²) in [5.41, 5.74) is 1.27. The molecular formula is C14H12ClN3O2S. The van der Waals surface area contributed by atoms with E-state index < -0.39 is 0 Å². The molecule has 21 heavy (non-hydrogen) atoms. The van der Waals surface area contributed by atoms with Gasteiger partial charge in [0.15, 0.2) is 0 Å². The number of anilines is 1. The van der Waals surface area contributed by atoms with Crippen LogP contribution in [-0.2, 0) is 0 Å². The van der Waals surface area contributed by atoms with Gasteiger partial charge in [-0.3, -0.25) is 4.72 Å². The first-order valence-corrected chi connectivity index (χ1v) is 7.31. The molecule has 0 aliphatic carbocycles. The van der Waals surface area contributed by atoms with Crippen molar-refractivity contribution in [1.82, 2.24) is 4.72 Å². The van der Waals surface area contributed by atoms with Gasteiger partial charge in [-0.2, -0.15) is 0 Å². The summed E-state index contributed by atoms with van der Waals surface area (Å²) in [7, 11) is 1.61. The van der Waals surface area contributed by atoms with Crippen LogP contribution < -0.4 is 14.8 Å². The van der Waals surface area contributed by atoms with Gasteiger partial charge in [-0.25, -0.2) is 4.99 Å². The molecule has 5 nitrogen and oxygen atoms in total. The van der Waals surface area contributed by atoms with Gasteiger partial charge in [0.1, 0.15) is 17.2 Å². The minimum absolute atomic E-state index is 0.0471. The molecule has 0 amide bonds. The van der Waals surface area contributed by atoms with E-state index in [1.54, 1.807) is 13.2 Å². The highest BCUT2D eigenvalue weighted by molar-refractivity contribution is 7.98. The van der Waals surface area contributed by atoms with Gasteiger partial charge in [-0.15, -0.1) is 0 Å². The fourth-order valence-electron chi connectivity index (χ4n) is 1.92. The lowest BCUT2D eigenvalue weighted by atomic mass is 10.3. The first kappa shape index (κ1) is 13.9. The third-order valence-electron chi connectivity index (χ3n) is 2.86. The van der Waals surface area contributed by atoms with Crippen molar-refractivity contribution in [3.05, 3.63) is 41.4 Å². The molecule has 3 rings (SSSR count). The fourth-order valence-corrected chi connectivity index (χ4v) is 2.93. The molecule has 0 fully saturated rings. The molecule has 1 aliphatic rings. The molecule has 2 aromatic rings. The van der Waals surface area contributed by atoms with Crippen LogP contribution in [0.1, 0.15) is 0 Å². The predicted octanol–water partition coefficient (Wildman–Crippen LogP) is 3.76. The van der Waals surface area contributed by atoms with E-state index in [9.17, 15) is 5.11 Å². The van der Waals surface area contributed by atoms with E-state index in [0.29, 0.717) is 22.4 Å². The van der Waals surface area contributed by atoms with Gasteiger partial charge in [0.05, 0.1) is 17.7 Å². The average Bonchev–Trinajstić information content (AvgIpc) is 2.48. The number of aliphatic imine (C=N–C) groups is 1. The minimum Gasteiger partial charge on any atom is -0.506 e. The van der Waals surface area contributed by atoms with Crippen molar-refractivity contribution in [1.29, 1.82) is 0 Å². The Morgan fingerprint density at radius 2 is 2.14 bits per heavy atom. The first-order chi connectivity index (χ1) is 10.2. The Hall–Kier alpha value is -2.05. The number of hydrogen-bond acceptors (Lipinski definition) is 6. The summed E-state index contributed by atoms with van der Waals surface area (Å²) in [5, 5.41) is 13.5. The number of rotatable bonds is 2. The Balaban J connectivity index is 1.92. The minimum atomic E-state index is 0.0471. The van der Waals surface area contributed by atoms with Crippen molar-refractivity contribution in [2.24, 2.45) is 4.99 Å². The summed E-state index contributed by atoms with van der Waals surface area (Å²) in [4.78, 5) is 5.14. The Morgan fingerprint density at radius 3 is 2.95 bits per heavy atom. The van der Waals surface area contributed by atoms with Gasteiger partial charge in [0, 0.05) is 11.1 Å². The molecule has 3 N–H and O–H groups in total. The van der Waals surface area contributed by atoms with E-state index in [2.05, 4.69) is 15.0 Å². The monoisotopic (exact) mass is 321 g/mol. The van der Waals surface area contributed by atoms with E-state index in [0.717, 1.165) is 10.6 Å². The molecule has 2 aromatic carbocycles. The first-order valence-electron chi connectivity index (χ1n) is 6.11. The third-order valence-corrected chi connectivity index (χ3v) is 3.91. The van der Waals surface area contributed by atoms with Crippen molar-refractivity contribution in [2.75, 3.05) is 12.4 Å². The zero-order valence-corrected chi connectivity index (χ0v) is 12.6. The second-order valence-corrected chi connectivity index (χ2v) is 5.55. The maximum absolute atomic E-state index is 9.94. The molecule has 0 saturated heterocycles. The SMILES string of the molecule is COc1ccccc1NC1=Nc2c(O)cc(Cl)cc2SN1. The van der Waals surface area contributed by atoms with Crippen LogP contribution in [0.4, 0.5) is 11.4 Å². The number of halogens is 1. The van der Waals surface area contributed by atoms with Crippen molar-refractivity contribution >= 4 is 40.9 Å². The molecular weight excluding hydrogens is 310 g/mol. The summed E-state index contributed by atoms with van der Waals surface area (Å²) in [5.74, 6) is 1.26. The van der Waals surface area contributed by atoms with Crippen LogP contribution in [0.2, 0.25) is 5.02 Å². The number of phenols is 1. The predicted molar refractivity (Wildman–Crippen MR) is 85.8 cm³/mol. The number of aromatic hydroxyl groups is 1. The molecule has 7 heteroatoms. The number of fused-ring (bicyclic) bond motifs is 1. The molecule has 0 saturated carbocycles. The second-order valence-electron chi connectivity index (χ2n) is 4.26. The number of nitrogens with zero attached hydrogens (tertiary/aromatic N) is 1. The van der Waals surface area contributed by atoms with Crippen LogP contribution in [0.3, 0.4) is 0 Å². The molecule has 0 bridgehead atoms. The molecule has 108 valence electrons. The summed E-state index contributed by atoms with van der Waals surface area (Å²) >= 11 is 7.24. The van der Waals surface area contributed by atoms with Crippen molar-refractivity contribution in [3.8, 4) is 11.5 Å². The van der Waals surface area contributed by atoms with Gasteiger partial charge < -0.3 is 15.2 Å². The Labute approximate surface area is 131 Å². The van der Waals surface area contributed by atoms with Crippen LogP contribution >= 0.6 is 23.5 Å². The highest BCUT2D eigenvalue weighted by Crippen LogP contribution is 2.41. The number of methoxy groups -OCH3 is 1. The molecule has 0 aromatic heterocycles. The Bertz CT molecular complexity index is 721. The largest absolute Gasteiger partial charge is 0.506 e. The molecule has 1 heterocycles. The third kappa shape index (κ3) is 2.86. The fraction of sp³-hybridized carbons (Fsp3) is 0.0714. The Morgan fingerprint density at radius 1 is 1.33 bits per heavy atom. The van der Waals surface area contributed by atoms with Gasteiger partial charge in [-0.05, 0) is 30.1 Å². The summed E-state index contributed by atoms with van der Waals surface area (Å²) in [6.07, 6.45) is 0. The maximum atomic E-state index is 9.94. The molecule has 0 unspecified atom stereocenters. The number of nitrogens with one attached hydrogen (secondary N) is 2. The van der Waals surface area contributed by atoms with Crippen LogP contribution in [0.25, 0.3) is 0 Å². The molecule has 1 aliphatic heterocycles. The van der Waals surface area contributed by atoms with Crippen LogP contribution in [-0.4, -0.2) is 18.2 Å². The lowest BCUT2D eigenvalue weighted by Gasteiger charge is -2.19. The average molecular weight is 322 g/mol. The van der Waals surface area contributed by atoms with Crippen molar-refractivity contribution in [2.45, 2.75) is 4.90 Å². The zero-order valence-electron chi connectivity index (χ0n) is 11.1. The lowest BCUT2D eigenvalue weighted by Crippen LogP contribution is -2.27. The van der Waals surface area contributed by atoms with Crippen molar-refractivity contribution < 1.29 is 9.84 Å². The van der Waals surface area contributed by atoms with Crippen LogP contribution in [0, 0.1) is 0 Å². The quantitative estimate of drug-likeness (QED) is 0.735. The standard InChI is InChI=1S/C14H12ClN3O2S/c1-20-11-5-3-2-4-9(11)16-14-17-13-10(19)6-8(15)7-12(13)21-18-14/h2-7,19H,1H3,(H2,16,17,18).